The van der Waals surface area contributed by atoms with E-state index >= 15 is 0 Å². The number of H-pyrrole nitrogens is 1. The predicted octanol–water partition coefficient (Wildman–Crippen LogP) is 4.00. The normalized spacial score (nSPS) is 16.5. The Hall–Kier alpha value is -2.99. The number of hydrogen-bond acceptors (Lipinski definition) is 5. The van der Waals surface area contributed by atoms with Gasteiger partial charge >= 0.3 is 0 Å². The van der Waals surface area contributed by atoms with Crippen LogP contribution in [0, 0.1) is 0 Å². The van der Waals surface area contributed by atoms with Gasteiger partial charge in [-0.25, -0.2) is 0 Å². The van der Waals surface area contributed by atoms with Crippen molar-refractivity contribution in [3.8, 4) is 17.2 Å². The number of benzene rings is 2. The molecule has 1 aliphatic rings. The van der Waals surface area contributed by atoms with Crippen molar-refractivity contribution in [2.75, 3.05) is 34.4 Å². The van der Waals surface area contributed by atoms with E-state index < -0.39 is 0 Å². The van der Waals surface area contributed by atoms with Gasteiger partial charge in [0.15, 0.2) is 17.3 Å². The lowest BCUT2D eigenvalue weighted by Gasteiger charge is -2.35. The number of aromatic amines is 1. The van der Waals surface area contributed by atoms with Crippen LogP contribution in [0.1, 0.15) is 34.5 Å². The van der Waals surface area contributed by atoms with Gasteiger partial charge in [0.05, 0.1) is 27.9 Å². The number of ketones is 1. The van der Waals surface area contributed by atoms with E-state index in [0.717, 1.165) is 41.1 Å². The Kier molecular flexibility index (Phi) is 5.20. The molecule has 152 valence electrons. The van der Waals surface area contributed by atoms with Crippen molar-refractivity contribution in [2.45, 2.75) is 19.4 Å². The second-order valence-corrected chi connectivity index (χ2v) is 7.34. The SMILES string of the molecule is COc1ccc2[nH]cc(C(=O)CN3CCc4cc(OC)c(OC)cc4[C@H]3C)c2c1. The smallest absolute Gasteiger partial charge is 0.178 e. The quantitative estimate of drug-likeness (QED) is 0.641. The molecule has 6 heteroatoms. The minimum absolute atomic E-state index is 0.0975. The highest BCUT2D eigenvalue weighted by atomic mass is 16.5. The number of nitrogens with one attached hydrogen (secondary N) is 1. The number of carbonyl (C=O) groups excluding carboxylic acids is 1. The zero-order valence-electron chi connectivity index (χ0n) is 17.2. The van der Waals surface area contributed by atoms with Crippen molar-refractivity contribution in [1.29, 1.82) is 0 Å². The maximum atomic E-state index is 13.1. The van der Waals surface area contributed by atoms with E-state index in [2.05, 4.69) is 22.9 Å². The molecule has 1 aliphatic heterocycles. The molecule has 0 saturated carbocycles. The molecule has 0 bridgehead atoms. The third-order valence-corrected chi connectivity index (χ3v) is 5.85. The molecular formula is C23H26N2O4. The molecule has 0 spiro atoms. The van der Waals surface area contributed by atoms with Gasteiger partial charge in [0, 0.05) is 35.2 Å². The third kappa shape index (κ3) is 3.44. The van der Waals surface area contributed by atoms with Crippen molar-refractivity contribution < 1.29 is 19.0 Å². The van der Waals surface area contributed by atoms with Gasteiger partial charge in [-0.3, -0.25) is 9.69 Å². The van der Waals surface area contributed by atoms with Gasteiger partial charge in [-0.15, -0.1) is 0 Å². The van der Waals surface area contributed by atoms with E-state index in [9.17, 15) is 4.79 Å². The standard InChI is InChI=1S/C23H26N2O4/c1-14-17-11-23(29-4)22(28-3)9-15(17)7-8-25(14)13-21(26)19-12-24-20-6-5-16(27-2)10-18(19)20/h5-6,9-12,14,24H,7-8,13H2,1-4H3/t14-/m1/s1. The van der Waals surface area contributed by atoms with Crippen molar-refractivity contribution in [3.63, 3.8) is 0 Å². The van der Waals surface area contributed by atoms with E-state index in [4.69, 9.17) is 14.2 Å². The van der Waals surface area contributed by atoms with Gasteiger partial charge in [-0.05, 0) is 54.8 Å². The maximum absolute atomic E-state index is 13.1. The van der Waals surface area contributed by atoms with Crippen LogP contribution < -0.4 is 14.2 Å². The summed E-state index contributed by atoms with van der Waals surface area (Å²) in [6, 6.07) is 9.93. The number of hydrogen-bond donors (Lipinski definition) is 1. The van der Waals surface area contributed by atoms with Crippen molar-refractivity contribution in [1.82, 2.24) is 9.88 Å². The second kappa shape index (κ2) is 7.79. The zero-order valence-corrected chi connectivity index (χ0v) is 17.2. The summed E-state index contributed by atoms with van der Waals surface area (Å²) in [7, 11) is 4.92. The predicted molar refractivity (Wildman–Crippen MR) is 112 cm³/mol. The van der Waals surface area contributed by atoms with Crippen LogP contribution in [0.3, 0.4) is 0 Å². The summed E-state index contributed by atoms with van der Waals surface area (Å²) in [5, 5.41) is 0.894. The Balaban J connectivity index is 1.59. The number of Topliss-reactive ketones (excluding diaryl/α,β-unsaturated/α-hetero) is 1. The molecule has 29 heavy (non-hydrogen) atoms. The summed E-state index contributed by atoms with van der Waals surface area (Å²) < 4.78 is 16.2. The van der Waals surface area contributed by atoms with Gasteiger partial charge in [0.2, 0.25) is 0 Å². The van der Waals surface area contributed by atoms with Gasteiger partial charge in [0.25, 0.3) is 0 Å². The van der Waals surface area contributed by atoms with E-state index in [1.165, 1.54) is 11.1 Å². The molecule has 2 aromatic carbocycles. The minimum atomic E-state index is 0.0975. The average Bonchev–Trinajstić information content (AvgIpc) is 3.18. The topological polar surface area (TPSA) is 63.8 Å². The summed E-state index contributed by atoms with van der Waals surface area (Å²) >= 11 is 0. The Morgan fingerprint density at radius 3 is 2.59 bits per heavy atom. The Bertz CT molecular complexity index is 1060. The highest BCUT2D eigenvalue weighted by molar-refractivity contribution is 6.09. The Labute approximate surface area is 170 Å². The fourth-order valence-corrected chi connectivity index (χ4v) is 4.14. The fourth-order valence-electron chi connectivity index (χ4n) is 4.14. The Morgan fingerprint density at radius 1 is 1.10 bits per heavy atom. The summed E-state index contributed by atoms with van der Waals surface area (Å²) in [6.07, 6.45) is 2.66. The molecule has 0 fully saturated rings. The zero-order chi connectivity index (χ0) is 20.5. The van der Waals surface area contributed by atoms with Crippen LogP contribution in [0.15, 0.2) is 36.5 Å². The first-order valence-electron chi connectivity index (χ1n) is 9.73. The van der Waals surface area contributed by atoms with E-state index in [1.54, 1.807) is 27.5 Å². The Morgan fingerprint density at radius 2 is 1.86 bits per heavy atom. The molecule has 1 N–H and O–H groups in total. The summed E-state index contributed by atoms with van der Waals surface area (Å²) in [5.41, 5.74) is 4.06. The number of methoxy groups -OCH3 is 3. The lowest BCUT2D eigenvalue weighted by atomic mass is 9.92. The molecule has 0 aliphatic carbocycles. The minimum Gasteiger partial charge on any atom is -0.497 e. The highest BCUT2D eigenvalue weighted by Gasteiger charge is 2.28. The molecule has 4 rings (SSSR count). The monoisotopic (exact) mass is 394 g/mol. The molecule has 1 atom stereocenters. The molecule has 0 unspecified atom stereocenters. The van der Waals surface area contributed by atoms with Crippen LogP contribution in [-0.2, 0) is 6.42 Å². The largest absolute Gasteiger partial charge is 0.497 e. The molecule has 6 nitrogen and oxygen atoms in total. The average molecular weight is 394 g/mol. The molecular weight excluding hydrogens is 368 g/mol. The third-order valence-electron chi connectivity index (χ3n) is 5.85. The summed E-state index contributed by atoms with van der Waals surface area (Å²) in [5.74, 6) is 2.30. The number of carbonyl (C=O) groups is 1. The molecule has 1 aromatic heterocycles. The number of fused-ring (bicyclic) bond motifs is 2. The summed E-state index contributed by atoms with van der Waals surface area (Å²) in [6.45, 7) is 3.32. The van der Waals surface area contributed by atoms with Crippen molar-refractivity contribution in [3.05, 3.63) is 53.2 Å². The van der Waals surface area contributed by atoms with Crippen LogP contribution in [-0.4, -0.2) is 50.1 Å². The number of nitrogens with zero attached hydrogens (tertiary/aromatic N) is 1. The van der Waals surface area contributed by atoms with Gasteiger partial charge in [0.1, 0.15) is 5.75 Å². The maximum Gasteiger partial charge on any atom is 0.178 e. The van der Waals surface area contributed by atoms with Crippen LogP contribution >= 0.6 is 0 Å². The first-order chi connectivity index (χ1) is 14.0. The van der Waals surface area contributed by atoms with E-state index in [-0.39, 0.29) is 11.8 Å². The van der Waals surface area contributed by atoms with Crippen molar-refractivity contribution >= 4 is 16.7 Å². The molecule has 0 amide bonds. The molecule has 2 heterocycles. The summed E-state index contributed by atoms with van der Waals surface area (Å²) in [4.78, 5) is 18.5. The molecule has 3 aromatic rings. The van der Waals surface area contributed by atoms with Crippen LogP contribution in [0.25, 0.3) is 10.9 Å². The number of aromatic nitrogens is 1. The van der Waals surface area contributed by atoms with Crippen LogP contribution in [0.5, 0.6) is 17.2 Å². The molecule has 0 radical (unpaired) electrons. The highest BCUT2D eigenvalue weighted by Crippen LogP contribution is 2.38. The first-order valence-corrected chi connectivity index (χ1v) is 9.73. The number of rotatable bonds is 6. The fraction of sp³-hybridized carbons (Fsp3) is 0.348. The molecule has 0 saturated heterocycles. The lowest BCUT2D eigenvalue weighted by Crippen LogP contribution is -2.37. The lowest BCUT2D eigenvalue weighted by molar-refractivity contribution is 0.0892. The van der Waals surface area contributed by atoms with Gasteiger partial charge in [-0.2, -0.15) is 0 Å². The van der Waals surface area contributed by atoms with Crippen LogP contribution in [0.2, 0.25) is 0 Å². The van der Waals surface area contributed by atoms with Gasteiger partial charge < -0.3 is 19.2 Å². The van der Waals surface area contributed by atoms with E-state index in [0.29, 0.717) is 12.1 Å². The van der Waals surface area contributed by atoms with Gasteiger partial charge in [-0.1, -0.05) is 0 Å². The second-order valence-electron chi connectivity index (χ2n) is 7.34. The van der Waals surface area contributed by atoms with E-state index in [1.807, 2.05) is 24.3 Å². The van der Waals surface area contributed by atoms with Crippen molar-refractivity contribution in [2.24, 2.45) is 0 Å². The van der Waals surface area contributed by atoms with Crippen LogP contribution in [0.4, 0.5) is 0 Å². The number of ether oxygens (including phenoxy) is 3. The first kappa shape index (κ1) is 19.3.